The van der Waals surface area contributed by atoms with E-state index in [0.717, 1.165) is 18.5 Å². The van der Waals surface area contributed by atoms with E-state index >= 15 is 0 Å². The van der Waals surface area contributed by atoms with Gasteiger partial charge in [-0.15, -0.1) is 0 Å². The van der Waals surface area contributed by atoms with Crippen molar-refractivity contribution >= 4 is 18.1 Å². The molecule has 2 amide bonds. The van der Waals surface area contributed by atoms with Crippen molar-refractivity contribution in [2.75, 3.05) is 19.6 Å². The Balaban J connectivity index is 0.000000315. The fraction of sp³-hybridized carbons (Fsp3) is 0.438. The minimum Gasteiger partial charge on any atom is -0.357 e. The number of carbonyl (C=O) groups excluding carboxylic acids is 3. The van der Waals surface area contributed by atoms with Gasteiger partial charge in [-0.05, 0) is 12.5 Å². The fourth-order valence-electron chi connectivity index (χ4n) is 2.18. The number of likely N-dealkylation sites (tertiary alicyclic amines) is 1. The predicted octanol–water partition coefficient (Wildman–Crippen LogP) is 1.34. The number of nitrogens with zero attached hydrogens (tertiary/aromatic N) is 1. The Labute approximate surface area is 125 Å². The van der Waals surface area contributed by atoms with Crippen LogP contribution in [0, 0.1) is 0 Å². The lowest BCUT2D eigenvalue weighted by Gasteiger charge is -2.28. The lowest BCUT2D eigenvalue weighted by atomic mass is 9.90. The molecule has 1 aromatic rings. The lowest BCUT2D eigenvalue weighted by Crippen LogP contribution is -2.38. The first-order chi connectivity index (χ1) is 10.1. The highest BCUT2D eigenvalue weighted by Crippen LogP contribution is 2.22. The predicted molar refractivity (Wildman–Crippen MR) is 80.8 cm³/mol. The van der Waals surface area contributed by atoms with Crippen LogP contribution in [0.5, 0.6) is 0 Å². The van der Waals surface area contributed by atoms with Crippen LogP contribution in [-0.4, -0.2) is 42.6 Å². The van der Waals surface area contributed by atoms with E-state index in [9.17, 15) is 14.4 Å². The number of nitrogens with one attached hydrogen (secondary N) is 1. The molecular formula is C16H22N2O3. The number of piperidine rings is 1. The third-order valence-electron chi connectivity index (χ3n) is 3.23. The molecule has 0 aliphatic carbocycles. The molecule has 1 aliphatic rings. The molecule has 1 heterocycles. The van der Waals surface area contributed by atoms with Crippen LogP contribution < -0.4 is 5.32 Å². The zero-order chi connectivity index (χ0) is 15.7. The van der Waals surface area contributed by atoms with E-state index in [0.29, 0.717) is 19.5 Å². The molecule has 0 saturated carbocycles. The van der Waals surface area contributed by atoms with Crippen molar-refractivity contribution in [3.63, 3.8) is 0 Å². The molecule has 1 aliphatic heterocycles. The van der Waals surface area contributed by atoms with Gasteiger partial charge in [-0.3, -0.25) is 14.4 Å². The third kappa shape index (κ3) is 5.77. The fourth-order valence-corrected chi connectivity index (χ4v) is 2.18. The second kappa shape index (κ2) is 8.89. The van der Waals surface area contributed by atoms with Crippen molar-refractivity contribution < 1.29 is 14.4 Å². The first-order valence-electron chi connectivity index (χ1n) is 7.10. The highest BCUT2D eigenvalue weighted by Gasteiger charge is 2.27. The van der Waals surface area contributed by atoms with E-state index in [4.69, 9.17) is 0 Å². The Kier molecular flexibility index (Phi) is 7.15. The Morgan fingerprint density at radius 1 is 1.38 bits per heavy atom. The maximum absolute atomic E-state index is 11.7. The molecule has 1 fully saturated rings. The van der Waals surface area contributed by atoms with Gasteiger partial charge in [0, 0.05) is 33.0 Å². The van der Waals surface area contributed by atoms with E-state index in [-0.39, 0.29) is 17.6 Å². The number of carbonyl (C=O) groups is 3. The molecule has 5 heteroatoms. The summed E-state index contributed by atoms with van der Waals surface area (Å²) in [5, 5.41) is 2.57. The second-order valence-corrected chi connectivity index (χ2v) is 4.87. The maximum atomic E-state index is 11.7. The summed E-state index contributed by atoms with van der Waals surface area (Å²) >= 11 is 0. The summed E-state index contributed by atoms with van der Waals surface area (Å²) in [5.74, 6) is 0.141. The smallest absolute Gasteiger partial charge is 0.216 e. The molecule has 114 valence electrons. The number of hydrogen-bond acceptors (Lipinski definition) is 3. The van der Waals surface area contributed by atoms with E-state index in [2.05, 4.69) is 5.32 Å². The van der Waals surface area contributed by atoms with Gasteiger partial charge in [0.1, 0.15) is 5.78 Å². The molecule has 0 spiro atoms. The van der Waals surface area contributed by atoms with Gasteiger partial charge in [0.2, 0.25) is 12.3 Å². The normalized spacial score (nSPS) is 17.5. The first-order valence-corrected chi connectivity index (χ1v) is 7.10. The number of amides is 2. The molecule has 1 aromatic carbocycles. The van der Waals surface area contributed by atoms with Gasteiger partial charge in [0.05, 0.1) is 5.92 Å². The summed E-state index contributed by atoms with van der Waals surface area (Å²) in [7, 11) is 0. The van der Waals surface area contributed by atoms with Crippen LogP contribution in [-0.2, 0) is 14.4 Å². The molecule has 0 aromatic heterocycles. The quantitative estimate of drug-likeness (QED) is 0.854. The molecule has 1 N–H and O–H groups in total. The monoisotopic (exact) mass is 290 g/mol. The Bertz CT molecular complexity index is 474. The first kappa shape index (κ1) is 16.9. The average Bonchev–Trinajstić information content (AvgIpc) is 2.49. The SMILES string of the molecule is CCNC(C)=O.O=CN1CCC(=O)C(c2ccccc2)C1. The molecule has 5 nitrogen and oxygen atoms in total. The molecule has 0 radical (unpaired) electrons. The maximum Gasteiger partial charge on any atom is 0.216 e. The standard InChI is InChI=1S/C12H13NO2.C4H9NO/c14-9-13-7-6-12(15)11(8-13)10-4-2-1-3-5-10;1-3-5-4(2)6/h1-5,9,11H,6-8H2;3H2,1-2H3,(H,5,6). The Hall–Kier alpha value is -2.17. The van der Waals surface area contributed by atoms with E-state index in [1.54, 1.807) is 4.90 Å². The van der Waals surface area contributed by atoms with Crippen LogP contribution >= 0.6 is 0 Å². The Morgan fingerprint density at radius 3 is 2.52 bits per heavy atom. The summed E-state index contributed by atoms with van der Waals surface area (Å²) in [6.07, 6.45) is 1.29. The van der Waals surface area contributed by atoms with E-state index in [1.807, 2.05) is 37.3 Å². The molecule has 1 atom stereocenters. The van der Waals surface area contributed by atoms with Gasteiger partial charge in [0.25, 0.3) is 0 Å². The van der Waals surface area contributed by atoms with Gasteiger partial charge >= 0.3 is 0 Å². The van der Waals surface area contributed by atoms with Crippen LogP contribution in [0.3, 0.4) is 0 Å². The lowest BCUT2D eigenvalue weighted by molar-refractivity contribution is -0.127. The second-order valence-electron chi connectivity index (χ2n) is 4.87. The van der Waals surface area contributed by atoms with Gasteiger partial charge in [-0.25, -0.2) is 0 Å². The van der Waals surface area contributed by atoms with Crippen molar-refractivity contribution in [1.29, 1.82) is 0 Å². The molecule has 1 saturated heterocycles. The third-order valence-corrected chi connectivity index (χ3v) is 3.23. The van der Waals surface area contributed by atoms with Gasteiger partial charge in [-0.1, -0.05) is 30.3 Å². The van der Waals surface area contributed by atoms with Gasteiger partial charge in [0.15, 0.2) is 0 Å². The highest BCUT2D eigenvalue weighted by atomic mass is 16.1. The van der Waals surface area contributed by atoms with Crippen LogP contribution in [0.15, 0.2) is 30.3 Å². The minimum atomic E-state index is -0.134. The molecule has 0 bridgehead atoms. The number of Topliss-reactive ketones (excluding diaryl/α,β-unsaturated/α-hetero) is 1. The van der Waals surface area contributed by atoms with Crippen LogP contribution in [0.1, 0.15) is 31.7 Å². The van der Waals surface area contributed by atoms with Crippen LogP contribution in [0.25, 0.3) is 0 Å². The summed E-state index contributed by atoms with van der Waals surface area (Å²) in [6, 6.07) is 9.65. The van der Waals surface area contributed by atoms with Crippen molar-refractivity contribution in [2.45, 2.75) is 26.2 Å². The topological polar surface area (TPSA) is 66.5 Å². The molecule has 2 rings (SSSR count). The zero-order valence-electron chi connectivity index (χ0n) is 12.5. The zero-order valence-corrected chi connectivity index (χ0v) is 12.5. The van der Waals surface area contributed by atoms with Gasteiger partial charge < -0.3 is 10.2 Å². The van der Waals surface area contributed by atoms with Crippen LogP contribution in [0.4, 0.5) is 0 Å². The van der Waals surface area contributed by atoms with Crippen molar-refractivity contribution in [3.05, 3.63) is 35.9 Å². The largest absolute Gasteiger partial charge is 0.357 e. The number of benzene rings is 1. The summed E-state index contributed by atoms with van der Waals surface area (Å²) in [6.45, 7) is 5.21. The summed E-state index contributed by atoms with van der Waals surface area (Å²) in [4.78, 5) is 34.0. The van der Waals surface area contributed by atoms with Crippen molar-refractivity contribution in [3.8, 4) is 0 Å². The molecule has 1 unspecified atom stereocenters. The number of hydrogen-bond donors (Lipinski definition) is 1. The highest BCUT2D eigenvalue weighted by molar-refractivity contribution is 5.87. The summed E-state index contributed by atoms with van der Waals surface area (Å²) < 4.78 is 0. The van der Waals surface area contributed by atoms with E-state index < -0.39 is 0 Å². The molecule has 21 heavy (non-hydrogen) atoms. The van der Waals surface area contributed by atoms with E-state index in [1.165, 1.54) is 6.92 Å². The summed E-state index contributed by atoms with van der Waals surface area (Å²) in [5.41, 5.74) is 1.01. The Morgan fingerprint density at radius 2 is 2.05 bits per heavy atom. The molecular weight excluding hydrogens is 268 g/mol. The van der Waals surface area contributed by atoms with Crippen LogP contribution in [0.2, 0.25) is 0 Å². The average molecular weight is 290 g/mol. The number of ketones is 1. The minimum absolute atomic E-state index is 0.0394. The van der Waals surface area contributed by atoms with Crippen molar-refractivity contribution in [2.24, 2.45) is 0 Å². The van der Waals surface area contributed by atoms with Crippen molar-refractivity contribution in [1.82, 2.24) is 10.2 Å². The number of rotatable bonds is 3. The van der Waals surface area contributed by atoms with Gasteiger partial charge in [-0.2, -0.15) is 0 Å².